The highest BCUT2D eigenvalue weighted by Crippen LogP contribution is 2.25. The van der Waals surface area contributed by atoms with E-state index in [0.717, 1.165) is 25.0 Å². The molecule has 1 atom stereocenters. The van der Waals surface area contributed by atoms with Gasteiger partial charge in [-0.2, -0.15) is 5.10 Å². The van der Waals surface area contributed by atoms with Gasteiger partial charge in [0, 0.05) is 25.0 Å². The molecule has 0 radical (unpaired) electrons. The van der Waals surface area contributed by atoms with Crippen LogP contribution in [-0.2, 0) is 6.42 Å². The van der Waals surface area contributed by atoms with E-state index in [1.807, 2.05) is 6.07 Å². The Morgan fingerprint density at radius 2 is 2.35 bits per heavy atom. The van der Waals surface area contributed by atoms with Crippen molar-refractivity contribution in [1.82, 2.24) is 15.1 Å². The van der Waals surface area contributed by atoms with Crippen molar-refractivity contribution in [2.45, 2.75) is 19.3 Å². The Balaban J connectivity index is 1.73. The second-order valence-corrected chi connectivity index (χ2v) is 5.89. The molecule has 1 aliphatic heterocycles. The van der Waals surface area contributed by atoms with Crippen LogP contribution in [0.4, 0.5) is 4.39 Å². The lowest BCUT2D eigenvalue weighted by Crippen LogP contribution is -2.40. The summed E-state index contributed by atoms with van der Waals surface area (Å²) in [6.07, 6.45) is 4.62. The van der Waals surface area contributed by atoms with Crippen molar-refractivity contribution in [3.05, 3.63) is 47.5 Å². The molecular formula is C17H20FN3O2. The number of carbonyl (C=O) groups excluding carboxylic acids is 1. The molecule has 5 nitrogen and oxygen atoms in total. The van der Waals surface area contributed by atoms with Gasteiger partial charge < -0.3 is 9.64 Å². The van der Waals surface area contributed by atoms with E-state index in [1.165, 1.54) is 25.3 Å². The molecule has 2 heterocycles. The third-order valence-electron chi connectivity index (χ3n) is 4.27. The van der Waals surface area contributed by atoms with Gasteiger partial charge in [0.15, 0.2) is 0 Å². The fourth-order valence-corrected chi connectivity index (χ4v) is 3.14. The molecule has 23 heavy (non-hydrogen) atoms. The molecule has 1 fully saturated rings. The zero-order valence-electron chi connectivity index (χ0n) is 13.1. The highest BCUT2D eigenvalue weighted by Gasteiger charge is 2.26. The maximum atomic E-state index is 13.5. The number of methoxy groups -OCH3 is 1. The summed E-state index contributed by atoms with van der Waals surface area (Å²) in [5.74, 6) is 0.190. The first-order chi connectivity index (χ1) is 11.2. The van der Waals surface area contributed by atoms with Crippen molar-refractivity contribution in [3.63, 3.8) is 0 Å². The smallest absolute Gasteiger partial charge is 0.257 e. The predicted molar refractivity (Wildman–Crippen MR) is 83.9 cm³/mol. The number of amides is 1. The van der Waals surface area contributed by atoms with Crippen LogP contribution in [-0.4, -0.2) is 41.2 Å². The van der Waals surface area contributed by atoms with Crippen molar-refractivity contribution in [1.29, 1.82) is 0 Å². The first kappa shape index (κ1) is 15.5. The minimum atomic E-state index is -0.430. The molecule has 1 N–H and O–H groups in total. The fourth-order valence-electron chi connectivity index (χ4n) is 3.14. The topological polar surface area (TPSA) is 58.2 Å². The number of rotatable bonds is 4. The van der Waals surface area contributed by atoms with Crippen LogP contribution >= 0.6 is 0 Å². The summed E-state index contributed by atoms with van der Waals surface area (Å²) in [4.78, 5) is 14.5. The fraction of sp³-hybridized carbons (Fsp3) is 0.412. The average Bonchev–Trinajstić information content (AvgIpc) is 3.07. The van der Waals surface area contributed by atoms with Gasteiger partial charge in [-0.25, -0.2) is 4.39 Å². The molecule has 1 aromatic heterocycles. The zero-order valence-corrected chi connectivity index (χ0v) is 13.1. The van der Waals surface area contributed by atoms with Gasteiger partial charge in [-0.3, -0.25) is 9.89 Å². The molecule has 0 spiro atoms. The minimum absolute atomic E-state index is 0.171. The number of carbonyl (C=O) groups is 1. The van der Waals surface area contributed by atoms with E-state index in [1.54, 1.807) is 11.1 Å². The highest BCUT2D eigenvalue weighted by molar-refractivity contribution is 5.97. The van der Waals surface area contributed by atoms with Crippen LogP contribution in [0.1, 0.15) is 28.9 Å². The number of hydrogen-bond donors (Lipinski definition) is 1. The van der Waals surface area contributed by atoms with E-state index in [9.17, 15) is 9.18 Å². The molecule has 1 aromatic carbocycles. The number of halogens is 1. The number of nitrogens with zero attached hydrogens (tertiary/aromatic N) is 2. The maximum absolute atomic E-state index is 13.5. The van der Waals surface area contributed by atoms with Crippen LogP contribution < -0.4 is 4.74 Å². The number of ether oxygens (including phenoxy) is 1. The number of aromatic nitrogens is 2. The van der Waals surface area contributed by atoms with Crippen LogP contribution in [0.5, 0.6) is 5.75 Å². The molecule has 3 rings (SSSR count). The summed E-state index contributed by atoms with van der Waals surface area (Å²) in [5, 5.41) is 6.92. The summed E-state index contributed by atoms with van der Waals surface area (Å²) in [6.45, 7) is 1.36. The third kappa shape index (κ3) is 3.52. The Kier molecular flexibility index (Phi) is 4.60. The molecule has 122 valence electrons. The molecule has 1 saturated heterocycles. The van der Waals surface area contributed by atoms with Crippen LogP contribution in [0.2, 0.25) is 0 Å². The molecule has 0 saturated carbocycles. The summed E-state index contributed by atoms with van der Waals surface area (Å²) < 4.78 is 18.7. The number of piperidine rings is 1. The first-order valence-electron chi connectivity index (χ1n) is 7.78. The highest BCUT2D eigenvalue weighted by atomic mass is 19.1. The molecule has 6 heteroatoms. The van der Waals surface area contributed by atoms with E-state index < -0.39 is 5.82 Å². The van der Waals surface area contributed by atoms with Gasteiger partial charge in [-0.15, -0.1) is 0 Å². The lowest BCUT2D eigenvalue weighted by atomic mass is 9.93. The number of H-pyrrole nitrogens is 1. The first-order valence-corrected chi connectivity index (χ1v) is 7.78. The number of benzene rings is 1. The lowest BCUT2D eigenvalue weighted by molar-refractivity contribution is 0.0669. The SMILES string of the molecule is COc1ccc(F)cc1C(=O)N1CCC[C@H](Cc2ccn[nH]2)C1. The summed E-state index contributed by atoms with van der Waals surface area (Å²) >= 11 is 0. The summed E-state index contributed by atoms with van der Waals surface area (Å²) in [7, 11) is 1.49. The predicted octanol–water partition coefficient (Wildman–Crippen LogP) is 2.65. The largest absolute Gasteiger partial charge is 0.496 e. The standard InChI is InChI=1S/C17H20FN3O2/c1-23-16-5-4-13(18)10-15(16)17(22)21-8-2-3-12(11-21)9-14-6-7-19-20-14/h4-7,10,12H,2-3,8-9,11H2,1H3,(H,19,20)/t12-/m1/s1. The Morgan fingerprint density at radius 3 is 3.09 bits per heavy atom. The van der Waals surface area contributed by atoms with Gasteiger partial charge in [0.05, 0.1) is 12.7 Å². The van der Waals surface area contributed by atoms with Gasteiger partial charge in [0.25, 0.3) is 5.91 Å². The Bertz CT molecular complexity index is 672. The molecule has 0 unspecified atom stereocenters. The molecule has 0 bridgehead atoms. The molecule has 0 aliphatic carbocycles. The van der Waals surface area contributed by atoms with Crippen molar-refractivity contribution in [2.24, 2.45) is 5.92 Å². The zero-order chi connectivity index (χ0) is 16.2. The number of hydrogen-bond acceptors (Lipinski definition) is 3. The van der Waals surface area contributed by atoms with Gasteiger partial charge in [0.2, 0.25) is 0 Å². The summed E-state index contributed by atoms with van der Waals surface area (Å²) in [6, 6.07) is 6.00. The Hall–Kier alpha value is -2.37. The van der Waals surface area contributed by atoms with Crippen molar-refractivity contribution < 1.29 is 13.9 Å². The van der Waals surface area contributed by atoms with Crippen LogP contribution in [0.25, 0.3) is 0 Å². The molecule has 2 aromatic rings. The maximum Gasteiger partial charge on any atom is 0.257 e. The number of aromatic amines is 1. The molecule has 1 aliphatic rings. The van der Waals surface area contributed by atoms with Crippen LogP contribution in [0.15, 0.2) is 30.5 Å². The van der Waals surface area contributed by atoms with E-state index in [2.05, 4.69) is 10.2 Å². The average molecular weight is 317 g/mol. The molecular weight excluding hydrogens is 297 g/mol. The van der Waals surface area contributed by atoms with E-state index in [4.69, 9.17) is 4.74 Å². The second kappa shape index (κ2) is 6.81. The normalized spacial score (nSPS) is 18.0. The van der Waals surface area contributed by atoms with E-state index in [-0.39, 0.29) is 11.5 Å². The van der Waals surface area contributed by atoms with Crippen molar-refractivity contribution >= 4 is 5.91 Å². The van der Waals surface area contributed by atoms with Crippen LogP contribution in [0.3, 0.4) is 0 Å². The number of nitrogens with one attached hydrogen (secondary N) is 1. The monoisotopic (exact) mass is 317 g/mol. The second-order valence-electron chi connectivity index (χ2n) is 5.89. The van der Waals surface area contributed by atoms with Crippen LogP contribution in [0, 0.1) is 11.7 Å². The van der Waals surface area contributed by atoms with Gasteiger partial charge >= 0.3 is 0 Å². The van der Waals surface area contributed by atoms with E-state index in [0.29, 0.717) is 24.8 Å². The van der Waals surface area contributed by atoms with Crippen molar-refractivity contribution in [3.8, 4) is 5.75 Å². The minimum Gasteiger partial charge on any atom is -0.496 e. The third-order valence-corrected chi connectivity index (χ3v) is 4.27. The molecule has 1 amide bonds. The summed E-state index contributed by atoms with van der Waals surface area (Å²) in [5.41, 5.74) is 1.36. The Labute approximate surface area is 134 Å². The van der Waals surface area contributed by atoms with Crippen molar-refractivity contribution in [2.75, 3.05) is 20.2 Å². The van der Waals surface area contributed by atoms with Gasteiger partial charge in [-0.1, -0.05) is 0 Å². The quantitative estimate of drug-likeness (QED) is 0.943. The lowest BCUT2D eigenvalue weighted by Gasteiger charge is -2.33. The number of likely N-dealkylation sites (tertiary alicyclic amines) is 1. The Morgan fingerprint density at radius 1 is 1.48 bits per heavy atom. The van der Waals surface area contributed by atoms with Gasteiger partial charge in [-0.05, 0) is 49.4 Å². The van der Waals surface area contributed by atoms with Gasteiger partial charge in [0.1, 0.15) is 11.6 Å². The van der Waals surface area contributed by atoms with E-state index >= 15 is 0 Å².